The lowest BCUT2D eigenvalue weighted by Crippen LogP contribution is -2.12. The molecule has 0 bridgehead atoms. The molecule has 2 aromatic rings. The van der Waals surface area contributed by atoms with Crippen LogP contribution in [0.15, 0.2) is 46.6 Å². The van der Waals surface area contributed by atoms with Crippen LogP contribution < -0.4 is 15.8 Å². The fraction of sp³-hybridized carbons (Fsp3) is 0.133. The highest BCUT2D eigenvalue weighted by Gasteiger charge is 2.10. The van der Waals surface area contributed by atoms with Crippen LogP contribution in [0.5, 0.6) is 5.75 Å². The van der Waals surface area contributed by atoms with E-state index in [1.807, 2.05) is 0 Å². The number of nitrogen functional groups attached to an aromatic ring is 1. The number of hydrogen-bond acceptors (Lipinski definition) is 5. The Hall–Kier alpha value is -2.60. The number of benzene rings is 2. The van der Waals surface area contributed by atoms with Crippen molar-refractivity contribution in [2.45, 2.75) is 0 Å². The molecule has 0 aliphatic heterocycles. The van der Waals surface area contributed by atoms with Gasteiger partial charge < -0.3 is 15.8 Å². The highest BCUT2D eigenvalue weighted by Crippen LogP contribution is 2.28. The third kappa shape index (κ3) is 3.53. The van der Waals surface area contributed by atoms with E-state index in [0.717, 1.165) is 0 Å². The number of nitrogens with zero attached hydrogens (tertiary/aromatic N) is 2. The lowest BCUT2D eigenvalue weighted by Gasteiger charge is -2.09. The molecule has 0 saturated carbocycles. The zero-order chi connectivity index (χ0) is 16.1. The van der Waals surface area contributed by atoms with Crippen LogP contribution in [-0.2, 0) is 0 Å². The van der Waals surface area contributed by atoms with Gasteiger partial charge in [-0.15, -0.1) is 0 Å². The average molecular weight is 319 g/mol. The van der Waals surface area contributed by atoms with Crippen molar-refractivity contribution < 1.29 is 9.53 Å². The normalized spacial score (nSPS) is 10.7. The maximum atomic E-state index is 12.2. The molecule has 114 valence electrons. The molecular formula is C15H15ClN4O2. The Balaban J connectivity index is 2.22. The lowest BCUT2D eigenvalue weighted by molar-refractivity contribution is 0.102. The Kier molecular flexibility index (Phi) is 4.95. The molecule has 0 aromatic heterocycles. The van der Waals surface area contributed by atoms with E-state index < -0.39 is 0 Å². The number of hydrogen-bond donors (Lipinski definition) is 2. The van der Waals surface area contributed by atoms with Crippen molar-refractivity contribution in [3.63, 3.8) is 0 Å². The summed E-state index contributed by atoms with van der Waals surface area (Å²) in [5, 5.41) is 10.7. The van der Waals surface area contributed by atoms with E-state index in [4.69, 9.17) is 22.1 Å². The predicted molar refractivity (Wildman–Crippen MR) is 87.3 cm³/mol. The summed E-state index contributed by atoms with van der Waals surface area (Å²) in [7, 11) is 3.06. The van der Waals surface area contributed by atoms with E-state index in [2.05, 4.69) is 15.5 Å². The first-order chi connectivity index (χ1) is 10.5. The van der Waals surface area contributed by atoms with Crippen LogP contribution in [0, 0.1) is 0 Å². The maximum absolute atomic E-state index is 12.2. The molecule has 0 heterocycles. The Morgan fingerprint density at radius 1 is 1.27 bits per heavy atom. The van der Waals surface area contributed by atoms with Gasteiger partial charge in [-0.2, -0.15) is 10.2 Å². The molecule has 0 unspecified atom stereocenters. The summed E-state index contributed by atoms with van der Waals surface area (Å²) in [6.07, 6.45) is 0. The first-order valence-corrected chi connectivity index (χ1v) is 6.77. The van der Waals surface area contributed by atoms with E-state index in [9.17, 15) is 4.79 Å². The van der Waals surface area contributed by atoms with Gasteiger partial charge in [0.15, 0.2) is 0 Å². The van der Waals surface area contributed by atoms with E-state index in [0.29, 0.717) is 33.4 Å². The fourth-order valence-electron chi connectivity index (χ4n) is 1.83. The Bertz CT molecular complexity index is 731. The molecular weight excluding hydrogens is 304 g/mol. The smallest absolute Gasteiger partial charge is 0.255 e. The molecule has 0 spiro atoms. The molecule has 2 rings (SSSR count). The SMILES string of the molecule is C/N=N\c1cc(C(=O)Nc2ccc(OC)c(Cl)c2)ccc1N. The number of carbonyl (C=O) groups excluding carboxylic acids is 1. The minimum atomic E-state index is -0.297. The van der Waals surface area contributed by atoms with E-state index in [1.54, 1.807) is 36.4 Å². The Morgan fingerprint density at radius 2 is 2.05 bits per heavy atom. The molecule has 0 aliphatic carbocycles. The van der Waals surface area contributed by atoms with Gasteiger partial charge in [0.05, 0.1) is 17.8 Å². The predicted octanol–water partition coefficient (Wildman–Crippen LogP) is 3.90. The molecule has 1 amide bonds. The number of halogens is 1. The van der Waals surface area contributed by atoms with Crippen LogP contribution in [-0.4, -0.2) is 20.1 Å². The third-order valence-electron chi connectivity index (χ3n) is 2.91. The van der Waals surface area contributed by atoms with Crippen molar-refractivity contribution in [3.8, 4) is 5.75 Å². The van der Waals surface area contributed by atoms with Crippen LogP contribution in [0.4, 0.5) is 17.1 Å². The number of methoxy groups -OCH3 is 1. The summed E-state index contributed by atoms with van der Waals surface area (Å²) < 4.78 is 5.06. The fourth-order valence-corrected chi connectivity index (χ4v) is 2.08. The zero-order valence-corrected chi connectivity index (χ0v) is 12.9. The van der Waals surface area contributed by atoms with Gasteiger partial charge in [0.2, 0.25) is 0 Å². The second-order valence-electron chi connectivity index (χ2n) is 4.38. The number of anilines is 2. The lowest BCUT2D eigenvalue weighted by atomic mass is 10.1. The quantitative estimate of drug-likeness (QED) is 0.662. The van der Waals surface area contributed by atoms with Crippen LogP contribution in [0.2, 0.25) is 5.02 Å². The number of amides is 1. The zero-order valence-electron chi connectivity index (χ0n) is 12.1. The average Bonchev–Trinajstić information content (AvgIpc) is 2.50. The van der Waals surface area contributed by atoms with Gasteiger partial charge in [-0.3, -0.25) is 4.79 Å². The molecule has 0 atom stereocenters. The van der Waals surface area contributed by atoms with Gasteiger partial charge in [-0.25, -0.2) is 0 Å². The van der Waals surface area contributed by atoms with E-state index in [1.165, 1.54) is 14.2 Å². The minimum absolute atomic E-state index is 0.297. The Morgan fingerprint density at radius 3 is 2.68 bits per heavy atom. The van der Waals surface area contributed by atoms with E-state index >= 15 is 0 Å². The van der Waals surface area contributed by atoms with Crippen molar-refractivity contribution in [1.82, 2.24) is 0 Å². The summed E-state index contributed by atoms with van der Waals surface area (Å²) in [4.78, 5) is 12.2. The van der Waals surface area contributed by atoms with Gasteiger partial charge >= 0.3 is 0 Å². The largest absolute Gasteiger partial charge is 0.495 e. The van der Waals surface area contributed by atoms with Crippen molar-refractivity contribution >= 4 is 34.6 Å². The summed E-state index contributed by atoms with van der Waals surface area (Å²) >= 11 is 6.03. The molecule has 0 fully saturated rings. The highest BCUT2D eigenvalue weighted by molar-refractivity contribution is 6.32. The van der Waals surface area contributed by atoms with Crippen LogP contribution in [0.1, 0.15) is 10.4 Å². The van der Waals surface area contributed by atoms with Gasteiger partial charge in [-0.05, 0) is 36.4 Å². The monoisotopic (exact) mass is 318 g/mol. The second kappa shape index (κ2) is 6.91. The number of nitrogens with one attached hydrogen (secondary N) is 1. The number of ether oxygens (including phenoxy) is 1. The molecule has 22 heavy (non-hydrogen) atoms. The minimum Gasteiger partial charge on any atom is -0.495 e. The standard InChI is InChI=1S/C15H15ClN4O2/c1-18-20-13-7-9(3-5-12(13)17)15(21)19-10-4-6-14(22-2)11(16)8-10/h3-8H,17H2,1-2H3,(H,19,21)/b20-18-. The van der Waals surface area contributed by atoms with E-state index in [-0.39, 0.29) is 5.91 Å². The topological polar surface area (TPSA) is 89.1 Å². The van der Waals surface area contributed by atoms with Crippen molar-refractivity contribution in [3.05, 3.63) is 47.0 Å². The van der Waals surface area contributed by atoms with Gasteiger partial charge in [0.1, 0.15) is 11.4 Å². The molecule has 3 N–H and O–H groups in total. The maximum Gasteiger partial charge on any atom is 0.255 e. The van der Waals surface area contributed by atoms with Crippen molar-refractivity contribution in [1.29, 1.82) is 0 Å². The van der Waals surface area contributed by atoms with Gasteiger partial charge in [0, 0.05) is 18.3 Å². The van der Waals surface area contributed by atoms with Crippen LogP contribution >= 0.6 is 11.6 Å². The van der Waals surface area contributed by atoms with Crippen LogP contribution in [0.25, 0.3) is 0 Å². The molecule has 2 aromatic carbocycles. The summed E-state index contributed by atoms with van der Waals surface area (Å²) in [6, 6.07) is 9.79. The first-order valence-electron chi connectivity index (χ1n) is 6.39. The number of azo groups is 1. The second-order valence-corrected chi connectivity index (χ2v) is 4.78. The molecule has 6 nitrogen and oxygen atoms in total. The molecule has 0 aliphatic rings. The number of carbonyl (C=O) groups is 1. The number of rotatable bonds is 4. The Labute approximate surface area is 132 Å². The molecule has 0 radical (unpaired) electrons. The summed E-state index contributed by atoms with van der Waals surface area (Å²) in [5.41, 5.74) is 7.65. The van der Waals surface area contributed by atoms with Crippen LogP contribution in [0.3, 0.4) is 0 Å². The van der Waals surface area contributed by atoms with Gasteiger partial charge in [0.25, 0.3) is 5.91 Å². The van der Waals surface area contributed by atoms with Crippen molar-refractivity contribution in [2.24, 2.45) is 10.2 Å². The molecule has 0 saturated heterocycles. The highest BCUT2D eigenvalue weighted by atomic mass is 35.5. The first kappa shape index (κ1) is 15.8. The summed E-state index contributed by atoms with van der Waals surface area (Å²) in [6.45, 7) is 0. The molecule has 7 heteroatoms. The van der Waals surface area contributed by atoms with Crippen molar-refractivity contribution in [2.75, 3.05) is 25.2 Å². The number of nitrogens with two attached hydrogens (primary N) is 1. The summed E-state index contributed by atoms with van der Waals surface area (Å²) in [5.74, 6) is 0.242. The third-order valence-corrected chi connectivity index (χ3v) is 3.21. The van der Waals surface area contributed by atoms with Gasteiger partial charge in [-0.1, -0.05) is 11.6 Å².